The van der Waals surface area contributed by atoms with E-state index < -0.39 is 33.7 Å². The molecule has 1 aliphatic heterocycles. The molecule has 1 heterocycles. The zero-order chi connectivity index (χ0) is 15.6. The van der Waals surface area contributed by atoms with Crippen LogP contribution in [-0.2, 0) is 19.4 Å². The smallest absolute Gasteiger partial charge is 0.307 e. The van der Waals surface area contributed by atoms with Gasteiger partial charge in [0.2, 0.25) is 5.91 Å². The number of hydrogen-bond acceptors (Lipinski definition) is 4. The highest BCUT2D eigenvalue weighted by Crippen LogP contribution is 2.34. The Labute approximate surface area is 124 Å². The van der Waals surface area contributed by atoms with Gasteiger partial charge in [-0.1, -0.05) is 12.3 Å². The molecule has 0 radical (unpaired) electrons. The lowest BCUT2D eigenvalue weighted by Crippen LogP contribution is -2.46. The number of carboxylic acid groups (broad SMARTS) is 1. The number of rotatable bonds is 4. The first kappa shape index (κ1) is 15.8. The number of carbonyl (C=O) groups is 2. The molecule has 0 aromatic carbocycles. The molecule has 1 N–H and O–H groups in total. The second-order valence-electron chi connectivity index (χ2n) is 5.71. The van der Waals surface area contributed by atoms with Gasteiger partial charge in [-0.2, -0.15) is 0 Å². The predicted molar refractivity (Wildman–Crippen MR) is 76.1 cm³/mol. The molecule has 7 heteroatoms. The van der Waals surface area contributed by atoms with Gasteiger partial charge in [0, 0.05) is 6.04 Å². The Morgan fingerprint density at radius 3 is 2.43 bits per heavy atom. The molecule has 21 heavy (non-hydrogen) atoms. The van der Waals surface area contributed by atoms with Crippen molar-refractivity contribution in [2.75, 3.05) is 18.1 Å². The van der Waals surface area contributed by atoms with E-state index in [1.54, 1.807) is 0 Å². The number of terminal acetylenes is 1. The molecule has 1 aliphatic carbocycles. The number of hydrogen-bond donors (Lipinski definition) is 1. The number of amides is 1. The van der Waals surface area contributed by atoms with Crippen LogP contribution in [-0.4, -0.2) is 54.4 Å². The first-order valence-corrected chi connectivity index (χ1v) is 8.85. The van der Waals surface area contributed by atoms with Gasteiger partial charge in [0.1, 0.15) is 0 Å². The van der Waals surface area contributed by atoms with Gasteiger partial charge in [-0.05, 0) is 19.3 Å². The zero-order valence-corrected chi connectivity index (χ0v) is 12.5. The molecule has 1 amide bonds. The third-order valence-corrected chi connectivity index (χ3v) is 6.09. The van der Waals surface area contributed by atoms with Gasteiger partial charge in [0.15, 0.2) is 9.84 Å². The highest BCUT2D eigenvalue weighted by atomic mass is 32.2. The molecule has 3 unspecified atom stereocenters. The van der Waals surface area contributed by atoms with Crippen molar-refractivity contribution in [3.63, 3.8) is 0 Å². The maximum Gasteiger partial charge on any atom is 0.307 e. The summed E-state index contributed by atoms with van der Waals surface area (Å²) >= 11 is 0. The van der Waals surface area contributed by atoms with Crippen LogP contribution in [0.25, 0.3) is 0 Å². The van der Waals surface area contributed by atoms with E-state index in [0.717, 1.165) is 0 Å². The van der Waals surface area contributed by atoms with Crippen molar-refractivity contribution < 1.29 is 23.1 Å². The number of carbonyl (C=O) groups excluding carboxylic acids is 1. The number of nitrogens with zero attached hydrogens (tertiary/aromatic N) is 1. The minimum absolute atomic E-state index is 0.0296. The lowest BCUT2D eigenvalue weighted by molar-refractivity contribution is -0.149. The van der Waals surface area contributed by atoms with Crippen LogP contribution >= 0.6 is 0 Å². The fourth-order valence-electron chi connectivity index (χ4n) is 3.27. The second-order valence-corrected chi connectivity index (χ2v) is 7.94. The predicted octanol–water partition coefficient (Wildman–Crippen LogP) is 0.136. The lowest BCUT2D eigenvalue weighted by atomic mass is 9.94. The van der Waals surface area contributed by atoms with Crippen LogP contribution in [0.1, 0.15) is 25.7 Å². The second kappa shape index (κ2) is 6.06. The molecule has 1 saturated carbocycles. The Kier molecular flexibility index (Phi) is 4.57. The Morgan fingerprint density at radius 1 is 1.24 bits per heavy atom. The van der Waals surface area contributed by atoms with Crippen LogP contribution in [0.2, 0.25) is 0 Å². The van der Waals surface area contributed by atoms with Gasteiger partial charge in [0.25, 0.3) is 0 Å². The third-order valence-electron chi connectivity index (χ3n) is 4.34. The highest BCUT2D eigenvalue weighted by Gasteiger charge is 2.43. The minimum atomic E-state index is -3.12. The van der Waals surface area contributed by atoms with Crippen LogP contribution < -0.4 is 0 Å². The fraction of sp³-hybridized carbons (Fsp3) is 0.714. The monoisotopic (exact) mass is 313 g/mol. The van der Waals surface area contributed by atoms with Gasteiger partial charge >= 0.3 is 5.97 Å². The highest BCUT2D eigenvalue weighted by molar-refractivity contribution is 7.91. The van der Waals surface area contributed by atoms with E-state index in [4.69, 9.17) is 6.42 Å². The van der Waals surface area contributed by atoms with Gasteiger partial charge in [-0.15, -0.1) is 6.42 Å². The zero-order valence-electron chi connectivity index (χ0n) is 11.7. The van der Waals surface area contributed by atoms with E-state index >= 15 is 0 Å². The summed E-state index contributed by atoms with van der Waals surface area (Å²) in [5.41, 5.74) is 0. The molecule has 116 valence electrons. The van der Waals surface area contributed by atoms with Crippen LogP contribution in [0.3, 0.4) is 0 Å². The maximum atomic E-state index is 12.6. The number of carboxylic acids is 1. The molecular formula is C14H19NO5S. The molecule has 2 aliphatic rings. The van der Waals surface area contributed by atoms with Crippen LogP contribution in [0.4, 0.5) is 0 Å². The first-order chi connectivity index (χ1) is 9.85. The number of aliphatic carboxylic acids is 1. The molecule has 3 atom stereocenters. The van der Waals surface area contributed by atoms with Gasteiger partial charge in [-0.25, -0.2) is 8.42 Å². The molecule has 2 fully saturated rings. The van der Waals surface area contributed by atoms with Crippen molar-refractivity contribution >= 4 is 21.7 Å². The molecule has 0 aromatic rings. The van der Waals surface area contributed by atoms with Crippen molar-refractivity contribution in [1.29, 1.82) is 0 Å². The van der Waals surface area contributed by atoms with Crippen molar-refractivity contribution in [3.8, 4) is 12.3 Å². The summed E-state index contributed by atoms with van der Waals surface area (Å²) in [6, 6.07) is -0.423. The summed E-state index contributed by atoms with van der Waals surface area (Å²) in [5, 5.41) is 9.19. The Hall–Kier alpha value is -1.55. The largest absolute Gasteiger partial charge is 0.481 e. The van der Waals surface area contributed by atoms with Crippen LogP contribution in [0.5, 0.6) is 0 Å². The van der Waals surface area contributed by atoms with Crippen molar-refractivity contribution in [2.24, 2.45) is 11.8 Å². The van der Waals surface area contributed by atoms with Crippen LogP contribution in [0.15, 0.2) is 0 Å². The summed E-state index contributed by atoms with van der Waals surface area (Å²) in [7, 11) is -3.12. The van der Waals surface area contributed by atoms with Gasteiger partial charge < -0.3 is 10.0 Å². The Bertz CT molecular complexity index is 577. The van der Waals surface area contributed by atoms with E-state index in [0.29, 0.717) is 25.7 Å². The molecule has 0 bridgehead atoms. The summed E-state index contributed by atoms with van der Waals surface area (Å²) in [6.45, 7) is 0.0296. The average molecular weight is 313 g/mol. The molecule has 0 aromatic heterocycles. The molecule has 1 saturated heterocycles. The third kappa shape index (κ3) is 3.38. The number of sulfone groups is 1. The topological polar surface area (TPSA) is 91.8 Å². The molecule has 2 rings (SSSR count). The van der Waals surface area contributed by atoms with Crippen molar-refractivity contribution in [2.45, 2.75) is 31.7 Å². The summed E-state index contributed by atoms with van der Waals surface area (Å²) in [4.78, 5) is 25.2. The average Bonchev–Trinajstić information content (AvgIpc) is 3.01. The fourth-order valence-corrected chi connectivity index (χ4v) is 5.00. The molecule has 0 spiro atoms. The van der Waals surface area contributed by atoms with E-state index in [1.807, 2.05) is 0 Å². The first-order valence-electron chi connectivity index (χ1n) is 7.03. The van der Waals surface area contributed by atoms with E-state index in [9.17, 15) is 23.1 Å². The van der Waals surface area contributed by atoms with Gasteiger partial charge in [-0.3, -0.25) is 9.59 Å². The van der Waals surface area contributed by atoms with E-state index in [2.05, 4.69) is 5.92 Å². The summed E-state index contributed by atoms with van der Waals surface area (Å²) in [5.74, 6) is -0.182. The van der Waals surface area contributed by atoms with Crippen molar-refractivity contribution in [1.82, 2.24) is 4.90 Å². The minimum Gasteiger partial charge on any atom is -0.481 e. The SMILES string of the molecule is C#CCN(C(=O)C1CCCC1C(=O)O)C1CCS(=O)(=O)C1. The normalized spacial score (nSPS) is 30.7. The standard InChI is InChI=1S/C14H19NO5S/c1-2-7-15(10-6-8-21(19,20)9-10)13(16)11-4-3-5-12(11)14(17)18/h1,10-12H,3-9H2,(H,17,18). The summed E-state index contributed by atoms with van der Waals surface area (Å²) in [6.07, 6.45) is 7.36. The Balaban J connectivity index is 2.17. The quantitative estimate of drug-likeness (QED) is 0.745. The molecule has 6 nitrogen and oxygen atoms in total. The maximum absolute atomic E-state index is 12.6. The van der Waals surface area contributed by atoms with E-state index in [-0.39, 0.29) is 24.0 Å². The van der Waals surface area contributed by atoms with Crippen molar-refractivity contribution in [3.05, 3.63) is 0 Å². The molecular weight excluding hydrogens is 294 g/mol. The van der Waals surface area contributed by atoms with E-state index in [1.165, 1.54) is 4.90 Å². The van der Waals surface area contributed by atoms with Crippen LogP contribution in [0, 0.1) is 24.2 Å². The summed E-state index contributed by atoms with van der Waals surface area (Å²) < 4.78 is 23.2. The van der Waals surface area contributed by atoms with Gasteiger partial charge in [0.05, 0.1) is 29.9 Å². The Morgan fingerprint density at radius 2 is 1.90 bits per heavy atom. The lowest BCUT2D eigenvalue weighted by Gasteiger charge is -2.30.